The fraction of sp³-hybridized carbons (Fsp3) is 0.837. The first-order chi connectivity index (χ1) is 23.0. The minimum absolute atomic E-state index is 0.0388. The third-order valence-corrected chi connectivity index (χ3v) is 19.0. The Morgan fingerprint density at radius 3 is 2.20 bits per heavy atom. The molecule has 7 aliphatic rings. The number of aliphatic hydroxyl groups excluding tert-OH is 1. The van der Waals surface area contributed by atoms with Crippen LogP contribution in [-0.2, 0) is 27.1 Å². The predicted molar refractivity (Wildman–Crippen MR) is 190 cm³/mol. The maximum atomic E-state index is 12.7. The first-order valence-corrected chi connectivity index (χ1v) is 19.8. The molecular formula is C43H64O6. The Morgan fingerprint density at radius 1 is 0.857 bits per heavy atom. The predicted octanol–water partition coefficient (Wildman–Crippen LogP) is 8.06. The minimum atomic E-state index is -1.16. The van der Waals surface area contributed by atoms with E-state index in [2.05, 4.69) is 58.9 Å². The van der Waals surface area contributed by atoms with Crippen LogP contribution < -0.4 is 0 Å². The number of rotatable bonds is 7. The molecule has 14 atom stereocenters. The molecule has 6 heteroatoms. The van der Waals surface area contributed by atoms with Gasteiger partial charge in [-0.1, -0.05) is 58.9 Å². The number of carboxylic acid groups (broad SMARTS) is 1. The number of hydrogen-bond acceptors (Lipinski definition) is 5. The highest BCUT2D eigenvalue weighted by Crippen LogP contribution is 2.87. The van der Waals surface area contributed by atoms with Gasteiger partial charge < -0.3 is 24.8 Å². The van der Waals surface area contributed by atoms with Crippen molar-refractivity contribution in [2.24, 2.45) is 67.5 Å². The fourth-order valence-electron chi connectivity index (χ4n) is 16.1. The number of hydrogen-bond donors (Lipinski definition) is 3. The van der Waals surface area contributed by atoms with Crippen LogP contribution in [0.3, 0.4) is 0 Å². The summed E-state index contributed by atoms with van der Waals surface area (Å²) in [6, 6.07) is 8.91. The molecule has 3 N–H and O–H groups in total. The average molecular weight is 677 g/mol. The molecule has 7 fully saturated rings. The molecule has 6 aliphatic carbocycles. The average Bonchev–Trinajstić information content (AvgIpc) is 3.19. The van der Waals surface area contributed by atoms with Gasteiger partial charge in [0.25, 0.3) is 0 Å². The van der Waals surface area contributed by atoms with Gasteiger partial charge in [0, 0.05) is 30.3 Å². The minimum Gasteiger partial charge on any atom is -0.481 e. The molecule has 6 nitrogen and oxygen atoms in total. The van der Waals surface area contributed by atoms with Gasteiger partial charge in [-0.05, 0) is 140 Å². The molecule has 1 aromatic rings. The van der Waals surface area contributed by atoms with Gasteiger partial charge in [-0.25, -0.2) is 0 Å². The highest BCUT2D eigenvalue weighted by atomic mass is 16.6. The van der Waals surface area contributed by atoms with Crippen molar-refractivity contribution in [2.75, 3.05) is 20.3 Å². The summed E-state index contributed by atoms with van der Waals surface area (Å²) >= 11 is 0. The van der Waals surface area contributed by atoms with Gasteiger partial charge in [0.2, 0.25) is 0 Å². The molecule has 2 bridgehead atoms. The van der Waals surface area contributed by atoms with Gasteiger partial charge in [-0.2, -0.15) is 0 Å². The molecule has 49 heavy (non-hydrogen) atoms. The Labute approximate surface area is 295 Å². The Kier molecular flexibility index (Phi) is 7.62. The lowest BCUT2D eigenvalue weighted by molar-refractivity contribution is -0.355. The van der Waals surface area contributed by atoms with E-state index in [9.17, 15) is 20.1 Å². The summed E-state index contributed by atoms with van der Waals surface area (Å²) < 4.78 is 12.3. The monoisotopic (exact) mass is 676 g/mol. The summed E-state index contributed by atoms with van der Waals surface area (Å²) in [7, 11) is 1.74. The van der Waals surface area contributed by atoms with Gasteiger partial charge in [0.15, 0.2) is 5.79 Å². The second-order valence-electron chi connectivity index (χ2n) is 20.0. The molecule has 0 amide bonds. The van der Waals surface area contributed by atoms with E-state index in [0.29, 0.717) is 30.8 Å². The lowest BCUT2D eigenvalue weighted by Crippen LogP contribution is -2.79. The second-order valence-corrected chi connectivity index (χ2v) is 20.0. The highest BCUT2D eigenvalue weighted by Gasteiger charge is 2.85. The fourth-order valence-corrected chi connectivity index (χ4v) is 16.1. The molecule has 272 valence electrons. The molecule has 1 spiro atoms. The Morgan fingerprint density at radius 2 is 1.53 bits per heavy atom. The zero-order valence-corrected chi connectivity index (χ0v) is 31.4. The van der Waals surface area contributed by atoms with Gasteiger partial charge in [0.1, 0.15) is 0 Å². The van der Waals surface area contributed by atoms with Crippen molar-refractivity contribution in [1.29, 1.82) is 0 Å². The van der Waals surface area contributed by atoms with Crippen molar-refractivity contribution < 1.29 is 29.6 Å². The third-order valence-electron chi connectivity index (χ3n) is 19.0. The molecule has 1 aliphatic heterocycles. The van der Waals surface area contributed by atoms with Crippen LogP contribution in [0.25, 0.3) is 0 Å². The smallest absolute Gasteiger partial charge is 0.309 e. The van der Waals surface area contributed by atoms with Crippen LogP contribution in [0, 0.1) is 67.5 Å². The summed E-state index contributed by atoms with van der Waals surface area (Å²) in [4.78, 5) is 12.7. The van der Waals surface area contributed by atoms with Crippen molar-refractivity contribution in [3.05, 3.63) is 35.4 Å². The summed E-state index contributed by atoms with van der Waals surface area (Å²) in [6.45, 7) is 15.4. The zero-order chi connectivity index (χ0) is 35.0. The Hall–Kier alpha value is -1.47. The van der Waals surface area contributed by atoms with E-state index < -0.39 is 17.2 Å². The number of aliphatic carboxylic acids is 1. The first kappa shape index (κ1) is 34.6. The van der Waals surface area contributed by atoms with E-state index in [-0.39, 0.29) is 57.0 Å². The molecule has 1 unspecified atom stereocenters. The Bertz CT molecular complexity index is 1490. The van der Waals surface area contributed by atoms with Crippen LogP contribution in [-0.4, -0.2) is 53.5 Å². The summed E-state index contributed by atoms with van der Waals surface area (Å²) in [6.07, 6.45) is 12.3. The summed E-state index contributed by atoms with van der Waals surface area (Å²) in [5.41, 5.74) is 1.35. The van der Waals surface area contributed by atoms with E-state index >= 15 is 0 Å². The normalized spacial score (nSPS) is 54.1. The van der Waals surface area contributed by atoms with Crippen molar-refractivity contribution >= 4 is 5.97 Å². The number of benzene rings is 1. The van der Waals surface area contributed by atoms with Crippen molar-refractivity contribution in [2.45, 2.75) is 137 Å². The number of carboxylic acids is 1. The van der Waals surface area contributed by atoms with Crippen molar-refractivity contribution in [3.8, 4) is 0 Å². The quantitative estimate of drug-likeness (QED) is 0.271. The molecule has 6 saturated carbocycles. The number of methoxy groups -OCH3 is 1. The highest BCUT2D eigenvalue weighted by molar-refractivity contribution is 5.74. The number of ether oxygens (including phenoxy) is 2. The van der Waals surface area contributed by atoms with Crippen LogP contribution in [0.15, 0.2) is 24.3 Å². The lowest BCUT2D eigenvalue weighted by Gasteiger charge is -2.81. The molecular weight excluding hydrogens is 612 g/mol. The van der Waals surface area contributed by atoms with Crippen LogP contribution in [0.2, 0.25) is 0 Å². The first-order valence-electron chi connectivity index (χ1n) is 19.8. The summed E-state index contributed by atoms with van der Waals surface area (Å²) in [5, 5.41) is 35.1. The van der Waals surface area contributed by atoms with Gasteiger partial charge in [0.05, 0.1) is 24.7 Å². The SMILES string of the molecule is COCCc1ccc(C[C@@H]2O[C@@]3(O)C[C@@H]4CCC5C[C@@]6(C)[C@@H]7C[C@](C)(C(=O)O)CC[C@@]7(C)CC[C@@]6(C)[C@@H]6CC[C@]2([C@@H]3C)[C@]4(CO)[C@]56C)cc1. The molecule has 1 aromatic carbocycles. The Balaban J connectivity index is 1.22. The van der Waals surface area contributed by atoms with Crippen molar-refractivity contribution in [3.63, 3.8) is 0 Å². The maximum Gasteiger partial charge on any atom is 0.309 e. The zero-order valence-electron chi connectivity index (χ0n) is 31.4. The molecule has 1 saturated heterocycles. The summed E-state index contributed by atoms with van der Waals surface area (Å²) in [5.74, 6) is -0.353. The van der Waals surface area contributed by atoms with Gasteiger partial charge in [-0.15, -0.1) is 0 Å². The van der Waals surface area contributed by atoms with Gasteiger partial charge in [-0.3, -0.25) is 4.79 Å². The standard InChI is InChI=1S/C43H64O6/c1-27-41-16-14-32-38(4)20-19-36(2)17-18-37(3,35(45)46)25-33(36)39(38,5)23-30-12-13-31(42(41,26-44)40(30,32)6)24-43(27,47)49-34(41)22-29-10-8-28(9-11-29)15-21-48-7/h8-11,27,30-34,44,47H,12-26H2,1-7H3,(H,45,46)/t27-,30?,31-,32-,33+,34-,36-,37+,38-,39-,40+,41+,42-,43-/m0/s1. The number of carbonyl (C=O) groups is 1. The molecule has 1 heterocycles. The van der Waals surface area contributed by atoms with Crippen molar-refractivity contribution in [1.82, 2.24) is 0 Å². The maximum absolute atomic E-state index is 12.7. The largest absolute Gasteiger partial charge is 0.481 e. The van der Waals surface area contributed by atoms with E-state index in [4.69, 9.17) is 9.47 Å². The van der Waals surface area contributed by atoms with Crippen LogP contribution in [0.1, 0.15) is 123 Å². The second kappa shape index (κ2) is 10.8. The topological polar surface area (TPSA) is 96.2 Å². The van der Waals surface area contributed by atoms with E-state index in [1.165, 1.54) is 24.0 Å². The van der Waals surface area contributed by atoms with E-state index in [0.717, 1.165) is 64.2 Å². The number of aliphatic hydroxyl groups is 2. The third kappa shape index (κ3) is 4.02. The molecule has 0 aromatic heterocycles. The van der Waals surface area contributed by atoms with Gasteiger partial charge >= 0.3 is 5.97 Å². The molecule has 8 rings (SSSR count). The van der Waals surface area contributed by atoms with Crippen LogP contribution in [0.4, 0.5) is 0 Å². The van der Waals surface area contributed by atoms with Crippen LogP contribution >= 0.6 is 0 Å². The lowest BCUT2D eigenvalue weighted by atomic mass is 9.22. The molecule has 0 radical (unpaired) electrons. The van der Waals surface area contributed by atoms with Crippen LogP contribution in [0.5, 0.6) is 0 Å². The van der Waals surface area contributed by atoms with E-state index in [1.54, 1.807) is 7.11 Å². The number of fused-ring (bicyclic) bond motifs is 5. The van der Waals surface area contributed by atoms with E-state index in [1.807, 2.05) is 6.92 Å².